The van der Waals surface area contributed by atoms with Crippen LogP contribution in [0.25, 0.3) is 0 Å². The van der Waals surface area contributed by atoms with Crippen molar-refractivity contribution in [3.63, 3.8) is 0 Å². The van der Waals surface area contributed by atoms with Gasteiger partial charge in [0.1, 0.15) is 5.82 Å². The lowest BCUT2D eigenvalue weighted by atomic mass is 10.0. The van der Waals surface area contributed by atoms with E-state index in [0.29, 0.717) is 5.82 Å². The maximum atomic E-state index is 11.4. The largest absolute Gasteiger partial charge is 0.463 e. The van der Waals surface area contributed by atoms with Gasteiger partial charge in [-0.2, -0.15) is 0 Å². The summed E-state index contributed by atoms with van der Waals surface area (Å²) in [5.74, 6) is 0.0598. The number of benzene rings is 1. The second-order valence-electron chi connectivity index (χ2n) is 4.78. The summed E-state index contributed by atoms with van der Waals surface area (Å²) in [5.41, 5.74) is 3.41. The summed E-state index contributed by atoms with van der Waals surface area (Å²) in [6.07, 6.45) is 3.73. The predicted octanol–water partition coefficient (Wildman–Crippen LogP) is 2.36. The molecule has 0 bridgehead atoms. The molecule has 0 aliphatic carbocycles. The van der Waals surface area contributed by atoms with E-state index in [0.717, 1.165) is 25.1 Å². The smallest absolute Gasteiger partial charge is 0.376 e. The van der Waals surface area contributed by atoms with E-state index in [-0.39, 0.29) is 5.82 Å². The van der Waals surface area contributed by atoms with Gasteiger partial charge in [0.25, 0.3) is 0 Å². The van der Waals surface area contributed by atoms with Crippen LogP contribution in [0.4, 0.5) is 17.2 Å². The van der Waals surface area contributed by atoms with Crippen molar-refractivity contribution in [3.05, 3.63) is 41.9 Å². The van der Waals surface area contributed by atoms with E-state index in [1.54, 1.807) is 6.07 Å². The van der Waals surface area contributed by atoms with Gasteiger partial charge in [0.2, 0.25) is 5.82 Å². The molecule has 2 heterocycles. The Morgan fingerprint density at radius 3 is 3.14 bits per heavy atom. The number of nitrogens with one attached hydrogen (secondary N) is 2. The molecule has 0 fully saturated rings. The van der Waals surface area contributed by atoms with Gasteiger partial charge in [-0.15, -0.1) is 0 Å². The lowest BCUT2D eigenvalue weighted by Gasteiger charge is -2.19. The number of carbonyl (C=O) groups is 1. The molecule has 2 aromatic rings. The molecule has 0 saturated carbocycles. The van der Waals surface area contributed by atoms with Crippen molar-refractivity contribution in [2.75, 3.05) is 24.3 Å². The molecule has 6 heteroatoms. The van der Waals surface area contributed by atoms with Gasteiger partial charge in [0.05, 0.1) is 7.11 Å². The number of aryl methyl sites for hydroxylation is 1. The predicted molar refractivity (Wildman–Crippen MR) is 79.9 cm³/mol. The SMILES string of the molecule is COC(=O)c1nccc(Nc2ccc3c(c2)CCCN3)n1. The van der Waals surface area contributed by atoms with Crippen molar-refractivity contribution in [2.24, 2.45) is 0 Å². The highest BCUT2D eigenvalue weighted by Gasteiger charge is 2.11. The molecule has 0 saturated heterocycles. The third-order valence-corrected chi connectivity index (χ3v) is 3.34. The third-order valence-electron chi connectivity index (χ3n) is 3.34. The topological polar surface area (TPSA) is 76.1 Å². The normalized spacial score (nSPS) is 13.0. The van der Waals surface area contributed by atoms with Crippen LogP contribution in [0.2, 0.25) is 0 Å². The summed E-state index contributed by atoms with van der Waals surface area (Å²) in [7, 11) is 1.31. The number of hydrogen-bond acceptors (Lipinski definition) is 6. The molecule has 1 aliphatic rings. The minimum atomic E-state index is -0.548. The van der Waals surface area contributed by atoms with Crippen LogP contribution in [0.1, 0.15) is 22.6 Å². The summed E-state index contributed by atoms with van der Waals surface area (Å²) >= 11 is 0. The highest BCUT2D eigenvalue weighted by Crippen LogP contribution is 2.26. The van der Waals surface area contributed by atoms with Crippen LogP contribution in [0.15, 0.2) is 30.5 Å². The summed E-state index contributed by atoms with van der Waals surface area (Å²) in [6, 6.07) is 7.85. The van der Waals surface area contributed by atoms with E-state index < -0.39 is 5.97 Å². The summed E-state index contributed by atoms with van der Waals surface area (Å²) < 4.78 is 4.62. The van der Waals surface area contributed by atoms with Gasteiger partial charge < -0.3 is 15.4 Å². The first-order chi connectivity index (χ1) is 10.3. The zero-order valence-corrected chi connectivity index (χ0v) is 11.7. The second-order valence-corrected chi connectivity index (χ2v) is 4.78. The lowest BCUT2D eigenvalue weighted by molar-refractivity contribution is 0.0587. The van der Waals surface area contributed by atoms with Gasteiger partial charge in [-0.3, -0.25) is 0 Å². The zero-order valence-electron chi connectivity index (χ0n) is 11.7. The van der Waals surface area contributed by atoms with Crippen LogP contribution in [-0.4, -0.2) is 29.6 Å². The molecule has 1 aliphatic heterocycles. The zero-order chi connectivity index (χ0) is 14.7. The molecule has 108 valence electrons. The summed E-state index contributed by atoms with van der Waals surface area (Å²) in [5, 5.41) is 6.56. The van der Waals surface area contributed by atoms with Gasteiger partial charge in [-0.05, 0) is 42.7 Å². The van der Waals surface area contributed by atoms with Crippen LogP contribution in [-0.2, 0) is 11.2 Å². The molecule has 1 aromatic carbocycles. The molecule has 1 aromatic heterocycles. The first-order valence-electron chi connectivity index (χ1n) is 6.81. The number of esters is 1. The van der Waals surface area contributed by atoms with E-state index >= 15 is 0 Å². The van der Waals surface area contributed by atoms with Gasteiger partial charge in [-0.25, -0.2) is 14.8 Å². The number of hydrogen-bond donors (Lipinski definition) is 2. The van der Waals surface area contributed by atoms with E-state index in [9.17, 15) is 4.79 Å². The van der Waals surface area contributed by atoms with Crippen LogP contribution in [0, 0.1) is 0 Å². The highest BCUT2D eigenvalue weighted by molar-refractivity contribution is 5.85. The summed E-state index contributed by atoms with van der Waals surface area (Å²) in [4.78, 5) is 19.5. The molecule has 0 amide bonds. The maximum absolute atomic E-state index is 11.4. The van der Waals surface area contributed by atoms with E-state index in [4.69, 9.17) is 0 Å². The molecule has 21 heavy (non-hydrogen) atoms. The van der Waals surface area contributed by atoms with Crippen molar-refractivity contribution < 1.29 is 9.53 Å². The standard InChI is InChI=1S/C15H16N4O2/c1-21-15(20)14-17-8-6-13(19-14)18-11-4-5-12-10(9-11)3-2-7-16-12/h4-6,8-9,16H,2-3,7H2,1H3,(H,17,18,19). The van der Waals surface area contributed by atoms with Crippen molar-refractivity contribution in [3.8, 4) is 0 Å². The van der Waals surface area contributed by atoms with Gasteiger partial charge in [-0.1, -0.05) is 0 Å². The molecule has 6 nitrogen and oxygen atoms in total. The Morgan fingerprint density at radius 2 is 2.29 bits per heavy atom. The Morgan fingerprint density at radius 1 is 1.38 bits per heavy atom. The van der Waals surface area contributed by atoms with Gasteiger partial charge in [0.15, 0.2) is 0 Å². The van der Waals surface area contributed by atoms with Gasteiger partial charge in [0, 0.05) is 24.1 Å². The molecular weight excluding hydrogens is 268 g/mol. The lowest BCUT2D eigenvalue weighted by Crippen LogP contribution is -2.12. The number of methoxy groups -OCH3 is 1. The fraction of sp³-hybridized carbons (Fsp3) is 0.267. The molecule has 3 rings (SSSR count). The Bertz CT molecular complexity index is 672. The first kappa shape index (κ1) is 13.4. The Hall–Kier alpha value is -2.63. The van der Waals surface area contributed by atoms with Crippen LogP contribution in [0.5, 0.6) is 0 Å². The first-order valence-corrected chi connectivity index (χ1v) is 6.81. The van der Waals surface area contributed by atoms with E-state index in [1.807, 2.05) is 6.07 Å². The fourth-order valence-corrected chi connectivity index (χ4v) is 2.32. The van der Waals surface area contributed by atoms with Crippen molar-refractivity contribution in [2.45, 2.75) is 12.8 Å². The number of nitrogens with zero attached hydrogens (tertiary/aromatic N) is 2. The maximum Gasteiger partial charge on any atom is 0.376 e. The van der Waals surface area contributed by atoms with Gasteiger partial charge >= 0.3 is 5.97 Å². The van der Waals surface area contributed by atoms with Crippen LogP contribution >= 0.6 is 0 Å². The monoisotopic (exact) mass is 284 g/mol. The molecular formula is C15H16N4O2. The average Bonchev–Trinajstić information content (AvgIpc) is 2.54. The average molecular weight is 284 g/mol. The summed E-state index contributed by atoms with van der Waals surface area (Å²) in [6.45, 7) is 1.02. The minimum Gasteiger partial charge on any atom is -0.463 e. The Kier molecular flexibility index (Phi) is 3.68. The molecule has 0 radical (unpaired) electrons. The highest BCUT2D eigenvalue weighted by atomic mass is 16.5. The number of fused-ring (bicyclic) bond motifs is 1. The number of carbonyl (C=O) groups excluding carboxylic acids is 1. The molecule has 2 N–H and O–H groups in total. The number of anilines is 3. The second kappa shape index (κ2) is 5.78. The van der Waals surface area contributed by atoms with Crippen molar-refractivity contribution in [1.29, 1.82) is 0 Å². The van der Waals surface area contributed by atoms with Crippen LogP contribution < -0.4 is 10.6 Å². The van der Waals surface area contributed by atoms with Crippen molar-refractivity contribution >= 4 is 23.2 Å². The number of aromatic nitrogens is 2. The number of rotatable bonds is 3. The Labute approximate surface area is 122 Å². The Balaban J connectivity index is 1.82. The molecule has 0 unspecified atom stereocenters. The third kappa shape index (κ3) is 2.94. The van der Waals surface area contributed by atoms with Crippen LogP contribution in [0.3, 0.4) is 0 Å². The number of ether oxygens (including phenoxy) is 1. The fourth-order valence-electron chi connectivity index (χ4n) is 2.32. The van der Waals surface area contributed by atoms with Crippen molar-refractivity contribution in [1.82, 2.24) is 9.97 Å². The molecule has 0 atom stereocenters. The minimum absolute atomic E-state index is 0.0436. The van der Waals surface area contributed by atoms with E-state index in [2.05, 4.69) is 37.5 Å². The molecule has 0 spiro atoms. The quantitative estimate of drug-likeness (QED) is 0.843. The van der Waals surface area contributed by atoms with E-state index in [1.165, 1.54) is 24.6 Å².